The third-order valence-electron chi connectivity index (χ3n) is 5.49. The number of aromatic nitrogens is 4. The van der Waals surface area contributed by atoms with Crippen LogP contribution in [-0.2, 0) is 11.3 Å². The number of hydrogen-bond acceptors (Lipinski definition) is 5. The highest BCUT2D eigenvalue weighted by Crippen LogP contribution is 2.41. The van der Waals surface area contributed by atoms with Crippen molar-refractivity contribution < 1.29 is 13.9 Å². The number of nitrogens with zero attached hydrogens (tertiary/aromatic N) is 4. The summed E-state index contributed by atoms with van der Waals surface area (Å²) in [5, 5.41) is 12.3. The van der Waals surface area contributed by atoms with Gasteiger partial charge in [-0.25, -0.2) is 13.8 Å². The quantitative estimate of drug-likeness (QED) is 0.467. The number of carbonyl (C=O) groups excluding carboxylic acids is 1. The van der Waals surface area contributed by atoms with Crippen LogP contribution in [0.2, 0.25) is 0 Å². The Balaban J connectivity index is 1.48. The number of halogens is 1. The van der Waals surface area contributed by atoms with Gasteiger partial charge in [-0.15, -0.1) is 0 Å². The summed E-state index contributed by atoms with van der Waals surface area (Å²) in [4.78, 5) is 26.0. The monoisotopic (exact) mass is 447 g/mol. The minimum atomic E-state index is -0.432. The molecule has 4 aromatic rings. The number of carbonyl (C=O) groups is 1. The largest absolute Gasteiger partial charge is 0.494 e. The van der Waals surface area contributed by atoms with Crippen LogP contribution in [0.4, 0.5) is 10.1 Å². The van der Waals surface area contributed by atoms with Crippen molar-refractivity contribution in [3.63, 3.8) is 0 Å². The van der Waals surface area contributed by atoms with Gasteiger partial charge in [-0.05, 0) is 68.3 Å². The van der Waals surface area contributed by atoms with Gasteiger partial charge in [-0.1, -0.05) is 0 Å². The van der Waals surface area contributed by atoms with Gasteiger partial charge in [-0.2, -0.15) is 10.2 Å². The highest BCUT2D eigenvalue weighted by Gasteiger charge is 2.30. The van der Waals surface area contributed by atoms with Gasteiger partial charge in [0.15, 0.2) is 0 Å². The number of hydrogen-bond donors (Lipinski definition) is 1. The van der Waals surface area contributed by atoms with Crippen LogP contribution in [0, 0.1) is 5.82 Å². The van der Waals surface area contributed by atoms with E-state index in [4.69, 9.17) is 4.74 Å². The van der Waals surface area contributed by atoms with Crippen LogP contribution in [-0.4, -0.2) is 32.1 Å². The number of fused-ring (bicyclic) bond motifs is 1. The molecule has 1 amide bonds. The SMILES string of the molecule is CCOc1ccc(NC(=O)Cn2nc(C3CC3)c3cnn(-c4ccc(F)cc4)c3c2=O)cc1. The first kappa shape index (κ1) is 20.9. The van der Waals surface area contributed by atoms with E-state index < -0.39 is 5.56 Å². The third kappa shape index (κ3) is 4.21. The van der Waals surface area contributed by atoms with Gasteiger partial charge in [0.05, 0.1) is 24.2 Å². The number of anilines is 1. The molecule has 0 saturated heterocycles. The molecule has 2 aromatic heterocycles. The summed E-state index contributed by atoms with van der Waals surface area (Å²) in [6.45, 7) is 2.21. The molecule has 33 heavy (non-hydrogen) atoms. The van der Waals surface area contributed by atoms with E-state index in [0.717, 1.165) is 18.5 Å². The Bertz CT molecular complexity index is 1370. The third-order valence-corrected chi connectivity index (χ3v) is 5.49. The summed E-state index contributed by atoms with van der Waals surface area (Å²) in [5.74, 6) is 0.197. The molecule has 0 aliphatic heterocycles. The molecule has 2 heterocycles. The molecule has 1 saturated carbocycles. The first-order chi connectivity index (χ1) is 16.0. The fourth-order valence-corrected chi connectivity index (χ4v) is 3.77. The molecule has 8 nitrogen and oxygen atoms in total. The summed E-state index contributed by atoms with van der Waals surface area (Å²) in [7, 11) is 0. The van der Waals surface area contributed by atoms with Crippen molar-refractivity contribution in [1.29, 1.82) is 0 Å². The van der Waals surface area contributed by atoms with Crippen LogP contribution in [0.3, 0.4) is 0 Å². The van der Waals surface area contributed by atoms with Crippen molar-refractivity contribution >= 4 is 22.5 Å². The topological polar surface area (TPSA) is 91.0 Å². The van der Waals surface area contributed by atoms with Crippen LogP contribution in [0.5, 0.6) is 5.75 Å². The summed E-state index contributed by atoms with van der Waals surface area (Å²) >= 11 is 0. The predicted octanol–water partition coefficient (Wildman–Crippen LogP) is 3.64. The Morgan fingerprint density at radius 1 is 1.15 bits per heavy atom. The van der Waals surface area contributed by atoms with Gasteiger partial charge >= 0.3 is 0 Å². The van der Waals surface area contributed by atoms with Gasteiger partial charge in [0.1, 0.15) is 23.6 Å². The molecule has 1 aliphatic rings. The first-order valence-electron chi connectivity index (χ1n) is 10.8. The van der Waals surface area contributed by atoms with Crippen molar-refractivity contribution in [2.24, 2.45) is 0 Å². The molecule has 0 atom stereocenters. The molecule has 168 valence electrons. The maximum Gasteiger partial charge on any atom is 0.293 e. The average molecular weight is 447 g/mol. The van der Waals surface area contributed by atoms with Crippen molar-refractivity contribution in [3.8, 4) is 11.4 Å². The summed E-state index contributed by atoms with van der Waals surface area (Å²) in [6, 6.07) is 12.7. The molecular formula is C24H22FN5O3. The summed E-state index contributed by atoms with van der Waals surface area (Å²) in [6.07, 6.45) is 3.56. The summed E-state index contributed by atoms with van der Waals surface area (Å²) in [5.41, 5.74) is 1.80. The number of amides is 1. The first-order valence-corrected chi connectivity index (χ1v) is 10.8. The second kappa shape index (κ2) is 8.50. The van der Waals surface area contributed by atoms with Crippen LogP contribution >= 0.6 is 0 Å². The van der Waals surface area contributed by atoms with Crippen molar-refractivity contribution in [2.45, 2.75) is 32.2 Å². The fourth-order valence-electron chi connectivity index (χ4n) is 3.77. The molecule has 9 heteroatoms. The predicted molar refractivity (Wildman–Crippen MR) is 121 cm³/mol. The second-order valence-corrected chi connectivity index (χ2v) is 7.92. The Kier molecular flexibility index (Phi) is 5.37. The Labute approximate surface area is 188 Å². The van der Waals surface area contributed by atoms with Crippen molar-refractivity contribution in [3.05, 3.63) is 76.6 Å². The van der Waals surface area contributed by atoms with E-state index in [1.54, 1.807) is 42.6 Å². The molecular weight excluding hydrogens is 425 g/mol. The van der Waals surface area contributed by atoms with Gasteiger partial charge < -0.3 is 10.1 Å². The van der Waals surface area contributed by atoms with E-state index in [-0.39, 0.29) is 24.2 Å². The number of rotatable bonds is 7. The minimum Gasteiger partial charge on any atom is -0.494 e. The van der Waals surface area contributed by atoms with Gasteiger partial charge in [-0.3, -0.25) is 9.59 Å². The summed E-state index contributed by atoms with van der Waals surface area (Å²) < 4.78 is 21.5. The van der Waals surface area contributed by atoms with E-state index in [9.17, 15) is 14.0 Å². The highest BCUT2D eigenvalue weighted by atomic mass is 19.1. The molecule has 1 aliphatic carbocycles. The van der Waals surface area contributed by atoms with Crippen molar-refractivity contribution in [1.82, 2.24) is 19.6 Å². The van der Waals surface area contributed by atoms with Crippen LogP contribution in [0.25, 0.3) is 16.6 Å². The lowest BCUT2D eigenvalue weighted by molar-refractivity contribution is -0.117. The Morgan fingerprint density at radius 2 is 1.88 bits per heavy atom. The van der Waals surface area contributed by atoms with Crippen LogP contribution < -0.4 is 15.6 Å². The molecule has 2 aromatic carbocycles. The maximum atomic E-state index is 13.4. The average Bonchev–Trinajstić information content (AvgIpc) is 3.56. The van der Waals surface area contributed by atoms with Crippen LogP contribution in [0.1, 0.15) is 31.4 Å². The normalized spacial score (nSPS) is 13.3. The standard InChI is InChI=1S/C24H22FN5O3/c1-2-33-19-11-7-17(8-12-19)27-21(31)14-29-24(32)23-20(22(28-29)15-3-4-15)13-26-30(23)18-9-5-16(25)6-10-18/h5-13,15H,2-4,14H2,1H3,(H,27,31). The zero-order chi connectivity index (χ0) is 22.9. The van der Waals surface area contributed by atoms with E-state index in [1.807, 2.05) is 6.92 Å². The van der Waals surface area contributed by atoms with E-state index in [1.165, 1.54) is 21.5 Å². The zero-order valence-electron chi connectivity index (χ0n) is 18.0. The van der Waals surface area contributed by atoms with E-state index in [0.29, 0.717) is 34.6 Å². The maximum absolute atomic E-state index is 13.4. The van der Waals surface area contributed by atoms with Crippen molar-refractivity contribution in [2.75, 3.05) is 11.9 Å². The smallest absolute Gasteiger partial charge is 0.293 e. The number of benzene rings is 2. The number of ether oxygens (including phenoxy) is 1. The molecule has 0 bridgehead atoms. The lowest BCUT2D eigenvalue weighted by Gasteiger charge is -2.11. The minimum absolute atomic E-state index is 0.236. The molecule has 0 spiro atoms. The second-order valence-electron chi connectivity index (χ2n) is 7.92. The lowest BCUT2D eigenvalue weighted by Crippen LogP contribution is -2.31. The van der Waals surface area contributed by atoms with Gasteiger partial charge in [0, 0.05) is 17.0 Å². The molecule has 0 unspecified atom stereocenters. The Hall–Kier alpha value is -4.01. The van der Waals surface area contributed by atoms with E-state index >= 15 is 0 Å². The molecule has 1 fully saturated rings. The molecule has 0 radical (unpaired) electrons. The van der Waals surface area contributed by atoms with E-state index in [2.05, 4.69) is 15.5 Å². The highest BCUT2D eigenvalue weighted by molar-refractivity contribution is 5.91. The van der Waals surface area contributed by atoms with Crippen LogP contribution in [0.15, 0.2) is 59.5 Å². The molecule has 1 N–H and O–H groups in total. The Morgan fingerprint density at radius 3 is 2.55 bits per heavy atom. The van der Waals surface area contributed by atoms with Gasteiger partial charge in [0.2, 0.25) is 5.91 Å². The number of nitrogens with one attached hydrogen (secondary N) is 1. The zero-order valence-corrected chi connectivity index (χ0v) is 18.0. The molecule has 5 rings (SSSR count). The van der Waals surface area contributed by atoms with Gasteiger partial charge in [0.25, 0.3) is 5.56 Å². The fraction of sp³-hybridized carbons (Fsp3) is 0.250. The lowest BCUT2D eigenvalue weighted by atomic mass is 10.2.